The van der Waals surface area contributed by atoms with Crippen molar-refractivity contribution in [2.75, 3.05) is 31.8 Å². The third kappa shape index (κ3) is 8.31. The molecule has 4 aromatic rings. The number of nitrogens with zero attached hydrogens (tertiary/aromatic N) is 5. The molecule has 2 aromatic heterocycles. The first-order valence-electron chi connectivity index (χ1n) is 14.6. The molecule has 0 radical (unpaired) electrons. The Morgan fingerprint density at radius 3 is 2.47 bits per heavy atom. The Bertz CT molecular complexity index is 1540. The van der Waals surface area contributed by atoms with Crippen LogP contribution in [0.3, 0.4) is 0 Å². The molecular formula is C32H40F3N7O. The number of aromatic nitrogens is 4. The molecular weight excluding hydrogens is 555 g/mol. The number of anilines is 2. The lowest BCUT2D eigenvalue weighted by Gasteiger charge is -2.27. The van der Waals surface area contributed by atoms with Crippen LogP contribution in [0.15, 0.2) is 48.7 Å². The van der Waals surface area contributed by atoms with Gasteiger partial charge >= 0.3 is 6.18 Å². The van der Waals surface area contributed by atoms with E-state index in [0.29, 0.717) is 11.8 Å². The van der Waals surface area contributed by atoms with Crippen molar-refractivity contribution in [1.82, 2.24) is 24.6 Å². The molecule has 1 fully saturated rings. The molecule has 0 saturated heterocycles. The summed E-state index contributed by atoms with van der Waals surface area (Å²) < 4.78 is 40.4. The largest absolute Gasteiger partial charge is 0.416 e. The Morgan fingerprint density at radius 1 is 1.09 bits per heavy atom. The predicted molar refractivity (Wildman–Crippen MR) is 165 cm³/mol. The van der Waals surface area contributed by atoms with E-state index in [1.165, 1.54) is 44.2 Å². The molecule has 230 valence electrons. The highest BCUT2D eigenvalue weighted by molar-refractivity contribution is 5.92. The number of amides is 1. The Hall–Kier alpha value is -3.99. The Balaban J connectivity index is 0.000000403. The summed E-state index contributed by atoms with van der Waals surface area (Å²) in [5.41, 5.74) is 3.05. The first-order valence-corrected chi connectivity index (χ1v) is 14.6. The first kappa shape index (κ1) is 31.9. The minimum Gasteiger partial charge on any atom is -0.357 e. The average Bonchev–Trinajstić information content (AvgIpc) is 3.36. The summed E-state index contributed by atoms with van der Waals surface area (Å²) in [7, 11) is 7.90. The van der Waals surface area contributed by atoms with Crippen LogP contribution in [-0.2, 0) is 30.9 Å². The number of nitrogens with one attached hydrogen (secondary N) is 2. The number of fused-ring (bicyclic) bond motifs is 1. The van der Waals surface area contributed by atoms with Crippen LogP contribution in [0.2, 0.25) is 0 Å². The Labute approximate surface area is 250 Å². The van der Waals surface area contributed by atoms with Crippen molar-refractivity contribution in [3.63, 3.8) is 0 Å². The molecule has 0 spiro atoms. The van der Waals surface area contributed by atoms with E-state index in [-0.39, 0.29) is 12.0 Å². The number of carbonyl (C=O) groups is 1. The van der Waals surface area contributed by atoms with Crippen molar-refractivity contribution in [3.8, 4) is 11.3 Å². The molecule has 1 aliphatic rings. The van der Waals surface area contributed by atoms with Crippen molar-refractivity contribution in [2.24, 2.45) is 7.05 Å². The molecule has 8 nitrogen and oxygen atoms in total. The molecule has 0 bridgehead atoms. The van der Waals surface area contributed by atoms with Gasteiger partial charge in [0.15, 0.2) is 5.82 Å². The second-order valence-corrected chi connectivity index (χ2v) is 11.1. The molecule has 0 atom stereocenters. The zero-order chi connectivity index (χ0) is 31.1. The highest BCUT2D eigenvalue weighted by Crippen LogP contribution is 2.31. The van der Waals surface area contributed by atoms with E-state index in [9.17, 15) is 18.0 Å². The summed E-state index contributed by atoms with van der Waals surface area (Å²) >= 11 is 0. The number of rotatable bonds is 7. The molecule has 2 heterocycles. The van der Waals surface area contributed by atoms with E-state index in [2.05, 4.69) is 44.7 Å². The SMILES string of the molecule is CCc1cc(-c2cc(NC(=O)Cc3cccc(C(F)(F)F)c3)nn2C)cc2cnc(NC)nc12.CN(C)C1CCCCC1. The van der Waals surface area contributed by atoms with Gasteiger partial charge in [-0.25, -0.2) is 9.97 Å². The van der Waals surface area contributed by atoms with E-state index in [1.54, 1.807) is 31.0 Å². The van der Waals surface area contributed by atoms with Gasteiger partial charge in [0.1, 0.15) is 0 Å². The summed E-state index contributed by atoms with van der Waals surface area (Å²) in [5.74, 6) is 0.403. The van der Waals surface area contributed by atoms with Gasteiger partial charge in [0.2, 0.25) is 11.9 Å². The van der Waals surface area contributed by atoms with E-state index < -0.39 is 17.6 Å². The molecule has 1 saturated carbocycles. The maximum absolute atomic E-state index is 12.9. The number of benzene rings is 2. The van der Waals surface area contributed by atoms with Gasteiger partial charge in [0, 0.05) is 43.4 Å². The zero-order valence-electron chi connectivity index (χ0n) is 25.4. The summed E-state index contributed by atoms with van der Waals surface area (Å²) in [4.78, 5) is 23.7. The van der Waals surface area contributed by atoms with Gasteiger partial charge in [-0.2, -0.15) is 18.3 Å². The molecule has 0 unspecified atom stereocenters. The summed E-state index contributed by atoms with van der Waals surface area (Å²) in [6, 6.07) is 11.3. The average molecular weight is 596 g/mol. The molecule has 11 heteroatoms. The fraction of sp³-hybridized carbons (Fsp3) is 0.438. The van der Waals surface area contributed by atoms with Crippen LogP contribution < -0.4 is 10.6 Å². The smallest absolute Gasteiger partial charge is 0.357 e. The van der Waals surface area contributed by atoms with Gasteiger partial charge in [-0.1, -0.05) is 44.4 Å². The minimum absolute atomic E-state index is 0.197. The standard InChI is InChI=1S/C24H23F3N6O.C8H17N/c1-4-15-10-16(11-17-13-29-23(28-2)31-22(15)17)19-12-20(32-33(19)3)30-21(34)9-14-6-5-7-18(8-14)24(25,26)27;1-9(2)8-6-4-3-5-7-8/h5-8,10-13H,4,9H2,1-3H3,(H,28,29,31)(H,30,32,34);8H,3-7H2,1-2H3. The Kier molecular flexibility index (Phi) is 10.4. The molecule has 43 heavy (non-hydrogen) atoms. The van der Waals surface area contributed by atoms with E-state index in [4.69, 9.17) is 0 Å². The quantitative estimate of drug-likeness (QED) is 0.247. The van der Waals surface area contributed by atoms with Crippen LogP contribution in [0.1, 0.15) is 55.7 Å². The molecule has 1 aliphatic carbocycles. The molecule has 0 aliphatic heterocycles. The number of halogens is 3. The van der Waals surface area contributed by atoms with Crippen molar-refractivity contribution in [1.29, 1.82) is 0 Å². The third-order valence-corrected chi connectivity index (χ3v) is 7.73. The minimum atomic E-state index is -4.46. The number of hydrogen-bond donors (Lipinski definition) is 2. The lowest BCUT2D eigenvalue weighted by molar-refractivity contribution is -0.137. The van der Waals surface area contributed by atoms with E-state index in [1.807, 2.05) is 19.1 Å². The Morgan fingerprint density at radius 2 is 1.84 bits per heavy atom. The highest BCUT2D eigenvalue weighted by atomic mass is 19.4. The first-order chi connectivity index (χ1) is 20.5. The maximum Gasteiger partial charge on any atom is 0.416 e. The van der Waals surface area contributed by atoms with Crippen LogP contribution in [0.25, 0.3) is 22.2 Å². The van der Waals surface area contributed by atoms with Gasteiger partial charge in [0.25, 0.3) is 0 Å². The normalized spacial score (nSPS) is 14.0. The lowest BCUT2D eigenvalue weighted by atomic mass is 9.95. The second-order valence-electron chi connectivity index (χ2n) is 11.1. The summed E-state index contributed by atoms with van der Waals surface area (Å²) in [6.45, 7) is 2.04. The molecule has 2 aromatic carbocycles. The fourth-order valence-electron chi connectivity index (χ4n) is 5.38. The number of carbonyl (C=O) groups excluding carboxylic acids is 1. The number of aryl methyl sites for hydroxylation is 2. The third-order valence-electron chi connectivity index (χ3n) is 7.73. The van der Waals surface area contributed by atoms with Crippen molar-refractivity contribution in [3.05, 3.63) is 65.4 Å². The van der Waals surface area contributed by atoms with Crippen molar-refractivity contribution < 1.29 is 18.0 Å². The zero-order valence-corrected chi connectivity index (χ0v) is 25.4. The van der Waals surface area contributed by atoms with Crippen LogP contribution in [0, 0.1) is 0 Å². The van der Waals surface area contributed by atoms with Crippen LogP contribution in [0.5, 0.6) is 0 Å². The number of alkyl halides is 3. The van der Waals surface area contributed by atoms with Crippen LogP contribution in [-0.4, -0.2) is 57.7 Å². The van der Waals surface area contributed by atoms with Crippen molar-refractivity contribution in [2.45, 2.75) is 64.1 Å². The van der Waals surface area contributed by atoms with Crippen molar-refractivity contribution >= 4 is 28.6 Å². The van der Waals surface area contributed by atoms with Gasteiger partial charge < -0.3 is 15.5 Å². The summed E-state index contributed by atoms with van der Waals surface area (Å²) in [6.07, 6.45) is 5.07. The van der Waals surface area contributed by atoms with E-state index in [0.717, 1.165) is 52.3 Å². The molecule has 2 N–H and O–H groups in total. The molecule has 5 rings (SSSR count). The predicted octanol–water partition coefficient (Wildman–Crippen LogP) is 6.72. The number of hydrogen-bond acceptors (Lipinski definition) is 6. The maximum atomic E-state index is 12.9. The topological polar surface area (TPSA) is 88.0 Å². The van der Waals surface area contributed by atoms with Gasteiger partial charge in [-0.15, -0.1) is 0 Å². The second kappa shape index (κ2) is 14.0. The van der Waals surface area contributed by atoms with Gasteiger partial charge in [0.05, 0.1) is 23.2 Å². The summed E-state index contributed by atoms with van der Waals surface area (Å²) in [5, 5.41) is 10.8. The van der Waals surface area contributed by atoms with Gasteiger partial charge in [-0.3, -0.25) is 9.48 Å². The fourth-order valence-corrected chi connectivity index (χ4v) is 5.38. The van der Waals surface area contributed by atoms with Crippen LogP contribution in [0.4, 0.5) is 24.9 Å². The van der Waals surface area contributed by atoms with Gasteiger partial charge in [-0.05, 0) is 62.7 Å². The highest BCUT2D eigenvalue weighted by Gasteiger charge is 2.30. The van der Waals surface area contributed by atoms with Crippen LogP contribution >= 0.6 is 0 Å². The van der Waals surface area contributed by atoms with E-state index >= 15 is 0 Å². The lowest BCUT2D eigenvalue weighted by Crippen LogP contribution is -2.29. The molecule has 1 amide bonds. The monoisotopic (exact) mass is 595 g/mol.